The Balaban J connectivity index is 1.54. The van der Waals surface area contributed by atoms with Gasteiger partial charge in [-0.3, -0.25) is 14.7 Å². The first kappa shape index (κ1) is 13.9. The second-order valence-electron chi connectivity index (χ2n) is 6.08. The average molecular weight is 428 g/mol. The predicted octanol–water partition coefficient (Wildman–Crippen LogP) is 2.37. The normalized spacial score (nSPS) is 20.1. The summed E-state index contributed by atoms with van der Waals surface area (Å²) in [7, 11) is 0. The van der Waals surface area contributed by atoms with Crippen molar-refractivity contribution in [3.05, 3.63) is 50.5 Å². The van der Waals surface area contributed by atoms with Crippen molar-refractivity contribution in [2.45, 2.75) is 13.0 Å². The first-order chi connectivity index (χ1) is 15.5. The Labute approximate surface area is 178 Å². The molecule has 0 bridgehead atoms. The van der Waals surface area contributed by atoms with E-state index in [0.29, 0.717) is 19.6 Å². The van der Waals surface area contributed by atoms with E-state index in [1.165, 1.54) is 18.5 Å². The Morgan fingerprint density at radius 2 is 2.25 bits per heavy atom. The van der Waals surface area contributed by atoms with Gasteiger partial charge in [0, 0.05) is 32.7 Å². The van der Waals surface area contributed by atoms with Crippen molar-refractivity contribution < 1.29 is 11.6 Å². The van der Waals surface area contributed by atoms with Crippen LogP contribution in [-0.2, 0) is 17.8 Å². The van der Waals surface area contributed by atoms with Crippen LogP contribution in [-0.4, -0.2) is 57.2 Å². The third-order valence-corrected chi connectivity index (χ3v) is 4.92. The number of nitrogens with one attached hydrogen (secondary N) is 2. The van der Waals surface area contributed by atoms with Crippen molar-refractivity contribution >= 4 is 40.3 Å². The number of anilines is 1. The molecule has 0 aliphatic carbocycles. The van der Waals surface area contributed by atoms with Gasteiger partial charge in [-0.1, -0.05) is 29.3 Å². The molecule has 1 saturated heterocycles. The molecule has 0 amide bonds. The smallest absolute Gasteiger partial charge is 0.278 e. The van der Waals surface area contributed by atoms with Crippen LogP contribution in [0.2, 0.25) is 10.0 Å². The van der Waals surface area contributed by atoms with E-state index in [2.05, 4.69) is 20.3 Å². The zero-order valence-corrected chi connectivity index (χ0v) is 16.1. The summed E-state index contributed by atoms with van der Waals surface area (Å²) >= 11 is 11.8. The highest BCUT2D eigenvalue weighted by molar-refractivity contribution is 6.42. The zero-order chi connectivity index (χ0) is 24.0. The highest BCUT2D eigenvalue weighted by atomic mass is 35.5. The zero-order valence-electron chi connectivity index (χ0n) is 19.6. The van der Waals surface area contributed by atoms with E-state index in [1.807, 2.05) is 4.90 Å². The van der Waals surface area contributed by atoms with Gasteiger partial charge < -0.3 is 14.6 Å². The Kier molecular flexibility index (Phi) is 4.23. The summed E-state index contributed by atoms with van der Waals surface area (Å²) in [6.07, 6.45) is 1.46. The third-order valence-electron chi connectivity index (χ3n) is 4.21. The number of rotatable bonds is 6. The molecule has 0 unspecified atom stereocenters. The maximum absolute atomic E-state index is 12.7. The minimum Gasteiger partial charge on any atom is -0.379 e. The number of benzene rings is 1. The van der Waals surface area contributed by atoms with E-state index in [-0.39, 0.29) is 51.9 Å². The topological polar surface area (TPSA) is 88.1 Å². The van der Waals surface area contributed by atoms with Crippen LogP contribution in [0, 0.1) is 0 Å². The fraction of sp³-hybridized carbons (Fsp3) is 0.389. The standard InChI is InChI=1S/C18H20Cl2N6O2/c19-13-2-1-12(9-14(13)20)10-21-18-23-16-15(17(27)24-18)26(11-22-16)4-3-25-5-7-28-8-6-25/h1-2,9,11H,3-8,10H2,(H2,21,23,24,27)/i7D2,9D,10D2. The second-order valence-corrected chi connectivity index (χ2v) is 6.86. The van der Waals surface area contributed by atoms with Crippen molar-refractivity contribution in [1.82, 2.24) is 24.4 Å². The molecule has 8 nitrogen and oxygen atoms in total. The summed E-state index contributed by atoms with van der Waals surface area (Å²) < 4.78 is 46.8. The highest BCUT2D eigenvalue weighted by Gasteiger charge is 2.14. The van der Waals surface area contributed by atoms with Crippen molar-refractivity contribution in [3.63, 3.8) is 0 Å². The number of aromatic amines is 1. The molecule has 4 rings (SSSR count). The minimum absolute atomic E-state index is 0.0736. The summed E-state index contributed by atoms with van der Waals surface area (Å²) in [5, 5.41) is 2.54. The Morgan fingerprint density at radius 1 is 1.36 bits per heavy atom. The molecule has 28 heavy (non-hydrogen) atoms. The second kappa shape index (κ2) is 8.48. The summed E-state index contributed by atoms with van der Waals surface area (Å²) in [6, 6.07) is 2.45. The molecule has 0 spiro atoms. The summed E-state index contributed by atoms with van der Waals surface area (Å²) in [5.74, 6) is -0.158. The lowest BCUT2D eigenvalue weighted by molar-refractivity contribution is 0.0365. The molecule has 10 heteroatoms. The fourth-order valence-electron chi connectivity index (χ4n) is 2.77. The molecule has 1 fully saturated rings. The van der Waals surface area contributed by atoms with E-state index in [1.54, 1.807) is 4.57 Å². The maximum Gasteiger partial charge on any atom is 0.278 e. The van der Waals surface area contributed by atoms with Crippen LogP contribution in [0.1, 0.15) is 12.4 Å². The van der Waals surface area contributed by atoms with Gasteiger partial charge in [-0.05, 0) is 17.7 Å². The Morgan fingerprint density at radius 3 is 3.11 bits per heavy atom. The van der Waals surface area contributed by atoms with Crippen molar-refractivity contribution in [1.29, 1.82) is 0 Å². The molecule has 3 heterocycles. The summed E-state index contributed by atoms with van der Waals surface area (Å²) in [5.41, 5.74) is -0.258. The monoisotopic (exact) mass is 427 g/mol. The molecule has 2 aromatic heterocycles. The molecular weight excluding hydrogens is 403 g/mol. The maximum atomic E-state index is 12.7. The number of nitrogens with zero attached hydrogens (tertiary/aromatic N) is 4. The van der Waals surface area contributed by atoms with Gasteiger partial charge in [0.05, 0.1) is 36.4 Å². The first-order valence-corrected chi connectivity index (χ1v) is 9.27. The van der Waals surface area contributed by atoms with Crippen LogP contribution < -0.4 is 10.9 Å². The molecule has 0 atom stereocenters. The van der Waals surface area contributed by atoms with Gasteiger partial charge in [0.25, 0.3) is 5.56 Å². The number of hydrogen-bond donors (Lipinski definition) is 2. The number of ether oxygens (including phenoxy) is 1. The van der Waals surface area contributed by atoms with Crippen LogP contribution in [0.15, 0.2) is 29.3 Å². The van der Waals surface area contributed by atoms with Gasteiger partial charge >= 0.3 is 0 Å². The first-order valence-electron chi connectivity index (χ1n) is 11.0. The van der Waals surface area contributed by atoms with Crippen molar-refractivity contribution in [3.8, 4) is 0 Å². The lowest BCUT2D eigenvalue weighted by atomic mass is 10.2. The van der Waals surface area contributed by atoms with Gasteiger partial charge in [-0.2, -0.15) is 4.98 Å². The average Bonchev–Trinajstić information content (AvgIpc) is 3.12. The quantitative estimate of drug-likeness (QED) is 0.627. The van der Waals surface area contributed by atoms with Crippen LogP contribution in [0.25, 0.3) is 11.2 Å². The van der Waals surface area contributed by atoms with Gasteiger partial charge in [0.2, 0.25) is 5.95 Å². The van der Waals surface area contributed by atoms with E-state index in [9.17, 15) is 4.79 Å². The number of H-pyrrole nitrogens is 1. The fourth-order valence-corrected chi connectivity index (χ4v) is 3.04. The minimum atomic E-state index is -2.28. The third kappa shape index (κ3) is 4.30. The predicted molar refractivity (Wildman–Crippen MR) is 109 cm³/mol. The van der Waals surface area contributed by atoms with E-state index in [0.717, 1.165) is 0 Å². The number of halogens is 2. The number of morpholine rings is 1. The van der Waals surface area contributed by atoms with Crippen molar-refractivity contribution in [2.24, 2.45) is 0 Å². The molecule has 0 radical (unpaired) electrons. The van der Waals surface area contributed by atoms with Crippen LogP contribution in [0.3, 0.4) is 0 Å². The lowest BCUT2D eigenvalue weighted by Crippen LogP contribution is -2.38. The number of aromatic nitrogens is 4. The molecule has 148 valence electrons. The molecule has 1 aliphatic heterocycles. The van der Waals surface area contributed by atoms with Gasteiger partial charge in [-0.15, -0.1) is 0 Å². The summed E-state index contributed by atoms with van der Waals surface area (Å²) in [6.45, 7) is -2.12. The molecule has 3 aromatic rings. The Bertz CT molecular complexity index is 1250. The van der Waals surface area contributed by atoms with E-state index >= 15 is 0 Å². The van der Waals surface area contributed by atoms with E-state index < -0.39 is 18.6 Å². The number of imidazole rings is 1. The summed E-state index contributed by atoms with van der Waals surface area (Å²) in [4.78, 5) is 25.5. The molecule has 1 aromatic carbocycles. The SMILES string of the molecule is [2H]c1c(C([2H])([2H])Nc2nc3ncn(CCN4CCOC([2H])([2H])C4)c3c(=O)[nH]2)ccc(Cl)c1Cl. The highest BCUT2D eigenvalue weighted by Crippen LogP contribution is 2.22. The van der Waals surface area contributed by atoms with Crippen LogP contribution in [0.4, 0.5) is 5.95 Å². The number of fused-ring (bicyclic) bond motifs is 1. The van der Waals surface area contributed by atoms with Gasteiger partial charge in [0.15, 0.2) is 11.2 Å². The lowest BCUT2D eigenvalue weighted by Gasteiger charge is -2.26. The molecular formula is C18H20Cl2N6O2. The van der Waals surface area contributed by atoms with Crippen molar-refractivity contribution in [2.75, 3.05) is 38.1 Å². The van der Waals surface area contributed by atoms with Crippen LogP contribution >= 0.6 is 23.2 Å². The molecule has 1 aliphatic rings. The molecule has 0 saturated carbocycles. The largest absolute Gasteiger partial charge is 0.379 e. The molecule has 2 N–H and O–H groups in total. The Hall–Kier alpha value is -2.13. The van der Waals surface area contributed by atoms with Gasteiger partial charge in [0.1, 0.15) is 0 Å². The van der Waals surface area contributed by atoms with E-state index in [4.69, 9.17) is 34.8 Å². The number of hydrogen-bond acceptors (Lipinski definition) is 6. The van der Waals surface area contributed by atoms with Gasteiger partial charge in [-0.25, -0.2) is 4.98 Å². The van der Waals surface area contributed by atoms with Crippen LogP contribution in [0.5, 0.6) is 0 Å².